The Bertz CT molecular complexity index is 580. The van der Waals surface area contributed by atoms with Gasteiger partial charge in [0.05, 0.1) is 6.54 Å². The van der Waals surface area contributed by atoms with E-state index in [0.29, 0.717) is 25.5 Å². The second kappa shape index (κ2) is 11.2. The molecule has 7 heteroatoms. The van der Waals surface area contributed by atoms with Crippen LogP contribution in [0.4, 0.5) is 0 Å². The van der Waals surface area contributed by atoms with E-state index >= 15 is 0 Å². The van der Waals surface area contributed by atoms with E-state index in [-0.39, 0.29) is 29.9 Å². The highest BCUT2D eigenvalue weighted by Gasteiger charge is 2.23. The van der Waals surface area contributed by atoms with Crippen LogP contribution in [-0.4, -0.2) is 50.1 Å². The summed E-state index contributed by atoms with van der Waals surface area (Å²) < 4.78 is 5.75. The van der Waals surface area contributed by atoms with E-state index in [4.69, 9.17) is 10.5 Å². The van der Waals surface area contributed by atoms with Crippen molar-refractivity contribution in [3.05, 3.63) is 29.8 Å². The zero-order chi connectivity index (χ0) is 17.4. The molecule has 1 heterocycles. The molecule has 0 aliphatic carbocycles. The molecule has 2 rings (SSSR count). The first-order valence-corrected chi connectivity index (χ1v) is 8.52. The van der Waals surface area contributed by atoms with Gasteiger partial charge in [0.25, 0.3) is 0 Å². The Morgan fingerprint density at radius 1 is 1.48 bits per heavy atom. The van der Waals surface area contributed by atoms with E-state index in [2.05, 4.69) is 15.2 Å². The van der Waals surface area contributed by atoms with Crippen LogP contribution in [0.25, 0.3) is 0 Å². The first-order valence-electron chi connectivity index (χ1n) is 8.52. The first-order chi connectivity index (χ1) is 11.6. The fraction of sp³-hybridized carbons (Fsp3) is 0.556. The maximum atomic E-state index is 11.1. The number of carbonyl (C=O) groups is 1. The summed E-state index contributed by atoms with van der Waals surface area (Å²) in [4.78, 5) is 17.7. The Balaban J connectivity index is 0.00000312. The number of hydrogen-bond donors (Lipinski definition) is 2. The van der Waals surface area contributed by atoms with Crippen molar-refractivity contribution in [2.75, 3.05) is 33.3 Å². The molecule has 1 aromatic rings. The number of primary amides is 1. The van der Waals surface area contributed by atoms with E-state index < -0.39 is 0 Å². The Kier molecular flexibility index (Phi) is 9.62. The molecule has 1 fully saturated rings. The number of nitrogens with one attached hydrogen (secondary N) is 1. The number of ether oxygens (including phenoxy) is 1. The second-order valence-electron chi connectivity index (χ2n) is 6.26. The lowest BCUT2D eigenvalue weighted by molar-refractivity contribution is -0.119. The number of nitrogens with two attached hydrogens (primary N) is 1. The number of likely N-dealkylation sites (tertiary alicyclic amines) is 1. The zero-order valence-electron chi connectivity index (χ0n) is 15.0. The van der Waals surface area contributed by atoms with Crippen molar-refractivity contribution in [1.29, 1.82) is 0 Å². The average molecular weight is 460 g/mol. The molecule has 0 aromatic heterocycles. The van der Waals surface area contributed by atoms with E-state index in [1.54, 1.807) is 7.05 Å². The predicted octanol–water partition coefficient (Wildman–Crippen LogP) is 2.15. The zero-order valence-corrected chi connectivity index (χ0v) is 17.4. The monoisotopic (exact) mass is 460 g/mol. The van der Waals surface area contributed by atoms with Gasteiger partial charge < -0.3 is 20.7 Å². The number of piperidine rings is 1. The predicted molar refractivity (Wildman–Crippen MR) is 112 cm³/mol. The molecule has 1 aromatic carbocycles. The summed E-state index contributed by atoms with van der Waals surface area (Å²) in [7, 11) is 1.78. The van der Waals surface area contributed by atoms with Crippen LogP contribution in [0.5, 0.6) is 5.75 Å². The van der Waals surface area contributed by atoms with Crippen LogP contribution in [0.3, 0.4) is 0 Å². The van der Waals surface area contributed by atoms with Crippen LogP contribution in [0, 0.1) is 12.8 Å². The summed E-state index contributed by atoms with van der Waals surface area (Å²) in [5.41, 5.74) is 6.51. The van der Waals surface area contributed by atoms with Gasteiger partial charge in [-0.2, -0.15) is 0 Å². The number of aliphatic imine (C=N–C) groups is 1. The lowest BCUT2D eigenvalue weighted by Crippen LogP contribution is -2.48. The topological polar surface area (TPSA) is 80.0 Å². The molecule has 3 N–H and O–H groups in total. The molecule has 1 saturated heterocycles. The molecule has 1 atom stereocenters. The Morgan fingerprint density at radius 2 is 2.28 bits per heavy atom. The number of nitrogens with zero attached hydrogens (tertiary/aromatic N) is 2. The molecular weight excluding hydrogens is 431 g/mol. The SMILES string of the molecule is CN=C(NCCOc1cccc(C)c1)N1CCCC(CC(N)=O)C1.I. The number of guanidine groups is 1. The summed E-state index contributed by atoms with van der Waals surface area (Å²) in [5, 5.41) is 3.33. The lowest BCUT2D eigenvalue weighted by Gasteiger charge is -2.34. The highest BCUT2D eigenvalue weighted by molar-refractivity contribution is 14.0. The first kappa shape index (κ1) is 21.5. The number of hydrogen-bond acceptors (Lipinski definition) is 3. The lowest BCUT2D eigenvalue weighted by atomic mass is 9.95. The minimum Gasteiger partial charge on any atom is -0.492 e. The number of halogens is 1. The van der Waals surface area contributed by atoms with E-state index in [0.717, 1.165) is 37.6 Å². The number of rotatable bonds is 6. The molecule has 0 spiro atoms. The normalized spacial score (nSPS) is 17.6. The van der Waals surface area contributed by atoms with E-state index in [1.165, 1.54) is 5.56 Å². The van der Waals surface area contributed by atoms with Crippen molar-refractivity contribution >= 4 is 35.8 Å². The minimum absolute atomic E-state index is 0. The van der Waals surface area contributed by atoms with Crippen molar-refractivity contribution < 1.29 is 9.53 Å². The van der Waals surface area contributed by atoms with Gasteiger partial charge in [-0.15, -0.1) is 24.0 Å². The van der Waals surface area contributed by atoms with Crippen LogP contribution in [0.2, 0.25) is 0 Å². The van der Waals surface area contributed by atoms with Gasteiger partial charge in [0, 0.05) is 26.6 Å². The Morgan fingerprint density at radius 3 is 2.96 bits per heavy atom. The smallest absolute Gasteiger partial charge is 0.217 e. The van der Waals surface area contributed by atoms with Crippen molar-refractivity contribution in [2.24, 2.45) is 16.6 Å². The van der Waals surface area contributed by atoms with Crippen LogP contribution < -0.4 is 15.8 Å². The largest absolute Gasteiger partial charge is 0.492 e. The van der Waals surface area contributed by atoms with Crippen LogP contribution in [-0.2, 0) is 4.79 Å². The summed E-state index contributed by atoms with van der Waals surface area (Å²) in [6.07, 6.45) is 2.55. The van der Waals surface area contributed by atoms with Gasteiger partial charge in [0.2, 0.25) is 5.91 Å². The third-order valence-electron chi connectivity index (χ3n) is 4.16. The maximum Gasteiger partial charge on any atom is 0.217 e. The van der Waals surface area contributed by atoms with Crippen LogP contribution in [0.15, 0.2) is 29.3 Å². The summed E-state index contributed by atoms with van der Waals surface area (Å²) in [6.45, 7) is 5.07. The average Bonchev–Trinajstić information content (AvgIpc) is 2.54. The fourth-order valence-electron chi connectivity index (χ4n) is 3.08. The van der Waals surface area contributed by atoms with E-state index in [1.807, 2.05) is 31.2 Å². The number of aryl methyl sites for hydroxylation is 1. The summed E-state index contributed by atoms with van der Waals surface area (Å²) in [6, 6.07) is 8.02. The molecule has 0 saturated carbocycles. The number of amides is 1. The molecule has 1 aliphatic rings. The van der Waals surface area contributed by atoms with Gasteiger partial charge in [-0.25, -0.2) is 0 Å². The maximum absolute atomic E-state index is 11.1. The van der Waals surface area contributed by atoms with Gasteiger partial charge in [0.15, 0.2) is 5.96 Å². The highest BCUT2D eigenvalue weighted by atomic mass is 127. The Labute approximate surface area is 167 Å². The molecule has 140 valence electrons. The third kappa shape index (κ3) is 7.50. The molecule has 1 aliphatic heterocycles. The molecule has 0 bridgehead atoms. The van der Waals surface area contributed by atoms with Crippen LogP contribution >= 0.6 is 24.0 Å². The molecule has 1 amide bonds. The van der Waals surface area contributed by atoms with Gasteiger partial charge >= 0.3 is 0 Å². The number of carbonyl (C=O) groups excluding carboxylic acids is 1. The summed E-state index contributed by atoms with van der Waals surface area (Å²) >= 11 is 0. The molecular formula is C18H29IN4O2. The Hall–Kier alpha value is -1.51. The number of benzene rings is 1. The molecule has 1 unspecified atom stereocenters. The van der Waals surface area contributed by atoms with Gasteiger partial charge in [0.1, 0.15) is 12.4 Å². The van der Waals surface area contributed by atoms with Crippen LogP contribution in [0.1, 0.15) is 24.8 Å². The van der Waals surface area contributed by atoms with Gasteiger partial charge in [-0.05, 0) is 43.4 Å². The molecule has 6 nitrogen and oxygen atoms in total. The van der Waals surface area contributed by atoms with Crippen molar-refractivity contribution in [3.8, 4) is 5.75 Å². The van der Waals surface area contributed by atoms with Crippen molar-refractivity contribution in [2.45, 2.75) is 26.2 Å². The third-order valence-corrected chi connectivity index (χ3v) is 4.16. The second-order valence-corrected chi connectivity index (χ2v) is 6.26. The van der Waals surface area contributed by atoms with Crippen molar-refractivity contribution in [3.63, 3.8) is 0 Å². The summed E-state index contributed by atoms with van der Waals surface area (Å²) in [5.74, 6) is 1.83. The minimum atomic E-state index is -0.226. The highest BCUT2D eigenvalue weighted by Crippen LogP contribution is 2.19. The van der Waals surface area contributed by atoms with Gasteiger partial charge in [-0.1, -0.05) is 12.1 Å². The fourth-order valence-corrected chi connectivity index (χ4v) is 3.08. The molecule has 0 radical (unpaired) electrons. The van der Waals surface area contributed by atoms with Crippen molar-refractivity contribution in [1.82, 2.24) is 10.2 Å². The van der Waals surface area contributed by atoms with Gasteiger partial charge in [-0.3, -0.25) is 9.79 Å². The standard InChI is InChI=1S/C18H28N4O2.HI/c1-14-5-3-7-16(11-14)24-10-8-21-18(20-2)22-9-4-6-15(13-22)12-17(19)23;/h3,5,7,11,15H,4,6,8-10,12-13H2,1-2H3,(H2,19,23)(H,20,21);1H. The van der Waals surface area contributed by atoms with E-state index in [9.17, 15) is 4.79 Å². The molecule has 25 heavy (non-hydrogen) atoms. The quantitative estimate of drug-likeness (QED) is 0.295.